The molecular formula is C20H17FN4O3S2. The van der Waals surface area contributed by atoms with Crippen molar-refractivity contribution in [1.82, 2.24) is 14.1 Å². The topological polar surface area (TPSA) is 92.6 Å². The number of nitrogens with zero attached hydrogens (tertiary/aromatic N) is 2. The first-order valence-corrected chi connectivity index (χ1v) is 11.3. The number of fused-ring (bicyclic) bond motifs is 1. The third-order valence-electron chi connectivity index (χ3n) is 4.39. The summed E-state index contributed by atoms with van der Waals surface area (Å²) < 4.78 is 42.6. The maximum Gasteiger partial charge on any atom is 0.244 e. The van der Waals surface area contributed by atoms with Crippen molar-refractivity contribution in [1.29, 1.82) is 0 Å². The quantitative estimate of drug-likeness (QED) is 0.476. The van der Waals surface area contributed by atoms with Crippen LogP contribution in [0.1, 0.15) is 6.92 Å². The smallest absolute Gasteiger partial charge is 0.244 e. The second-order valence-corrected chi connectivity index (χ2v) is 9.11. The van der Waals surface area contributed by atoms with Crippen LogP contribution in [0.4, 0.5) is 10.1 Å². The lowest BCUT2D eigenvalue weighted by molar-refractivity contribution is -0.117. The van der Waals surface area contributed by atoms with Gasteiger partial charge in [0, 0.05) is 29.0 Å². The molecule has 0 saturated heterocycles. The number of carbonyl (C=O) groups excluding carboxylic acids is 1. The van der Waals surface area contributed by atoms with Gasteiger partial charge in [0.15, 0.2) is 4.96 Å². The fourth-order valence-corrected chi connectivity index (χ4v) is 4.84. The van der Waals surface area contributed by atoms with Gasteiger partial charge >= 0.3 is 0 Å². The van der Waals surface area contributed by atoms with Gasteiger partial charge < -0.3 is 5.32 Å². The molecule has 0 aliphatic rings. The molecule has 30 heavy (non-hydrogen) atoms. The number of imidazole rings is 1. The number of carbonyl (C=O) groups is 1. The average Bonchev–Trinajstić information content (AvgIpc) is 3.30. The lowest BCUT2D eigenvalue weighted by atomic mass is 10.1. The highest BCUT2D eigenvalue weighted by Gasteiger charge is 2.24. The van der Waals surface area contributed by atoms with E-state index in [1.165, 1.54) is 30.4 Å². The lowest BCUT2D eigenvalue weighted by Crippen LogP contribution is -2.41. The molecule has 0 unspecified atom stereocenters. The number of aromatic nitrogens is 2. The molecule has 0 fully saturated rings. The van der Waals surface area contributed by atoms with Crippen LogP contribution in [0, 0.1) is 5.82 Å². The van der Waals surface area contributed by atoms with Gasteiger partial charge in [-0.05, 0) is 31.2 Å². The van der Waals surface area contributed by atoms with Crippen molar-refractivity contribution in [3.8, 4) is 11.3 Å². The number of hydrogen-bond donors (Lipinski definition) is 2. The van der Waals surface area contributed by atoms with Crippen LogP contribution in [-0.4, -0.2) is 29.8 Å². The van der Waals surface area contributed by atoms with Gasteiger partial charge in [-0.3, -0.25) is 9.20 Å². The Morgan fingerprint density at radius 1 is 1.17 bits per heavy atom. The Hall–Kier alpha value is -3.08. The van der Waals surface area contributed by atoms with Gasteiger partial charge in [-0.2, -0.15) is 4.72 Å². The molecule has 0 spiro atoms. The number of halogens is 1. The molecule has 1 atom stereocenters. The Balaban J connectivity index is 1.43. The number of benzene rings is 2. The van der Waals surface area contributed by atoms with Gasteiger partial charge in [-0.15, -0.1) is 11.3 Å². The third kappa shape index (κ3) is 4.11. The van der Waals surface area contributed by atoms with E-state index in [4.69, 9.17) is 0 Å². The first-order valence-electron chi connectivity index (χ1n) is 8.94. The van der Waals surface area contributed by atoms with Crippen molar-refractivity contribution in [3.63, 3.8) is 0 Å². The average molecular weight is 445 g/mol. The Labute approximate surface area is 176 Å². The van der Waals surface area contributed by atoms with E-state index in [0.29, 0.717) is 5.69 Å². The summed E-state index contributed by atoms with van der Waals surface area (Å²) >= 11 is 1.54. The molecule has 4 rings (SSSR count). The lowest BCUT2D eigenvalue weighted by Gasteiger charge is -2.15. The van der Waals surface area contributed by atoms with E-state index in [0.717, 1.165) is 28.4 Å². The van der Waals surface area contributed by atoms with Crippen molar-refractivity contribution in [2.45, 2.75) is 17.9 Å². The molecule has 10 heteroatoms. The molecule has 7 nitrogen and oxygen atoms in total. The monoisotopic (exact) mass is 444 g/mol. The van der Waals surface area contributed by atoms with Crippen LogP contribution < -0.4 is 10.0 Å². The van der Waals surface area contributed by atoms with Gasteiger partial charge in [0.1, 0.15) is 10.7 Å². The van der Waals surface area contributed by atoms with Crippen LogP contribution in [0.25, 0.3) is 16.2 Å². The van der Waals surface area contributed by atoms with Crippen molar-refractivity contribution < 1.29 is 17.6 Å². The predicted molar refractivity (Wildman–Crippen MR) is 113 cm³/mol. The number of anilines is 1. The molecule has 0 radical (unpaired) electrons. The largest absolute Gasteiger partial charge is 0.325 e. The number of nitrogens with one attached hydrogen (secondary N) is 2. The van der Waals surface area contributed by atoms with E-state index >= 15 is 0 Å². The Morgan fingerprint density at radius 2 is 1.90 bits per heavy atom. The summed E-state index contributed by atoms with van der Waals surface area (Å²) in [5, 5.41) is 4.60. The van der Waals surface area contributed by atoms with Crippen molar-refractivity contribution in [3.05, 3.63) is 72.1 Å². The summed E-state index contributed by atoms with van der Waals surface area (Å²) in [6, 6.07) is 10.9. The summed E-state index contributed by atoms with van der Waals surface area (Å²) in [6.45, 7) is 1.39. The number of rotatable bonds is 6. The van der Waals surface area contributed by atoms with E-state index in [1.54, 1.807) is 12.1 Å². The zero-order valence-electron chi connectivity index (χ0n) is 15.7. The SMILES string of the molecule is C[C@H](NS(=O)(=O)c1ccccc1F)C(=O)Nc1ccc(-c2cn3ccsc3n2)cc1. The number of amides is 1. The minimum Gasteiger partial charge on any atom is -0.325 e. The number of thiazole rings is 1. The highest BCUT2D eigenvalue weighted by molar-refractivity contribution is 7.89. The number of hydrogen-bond acceptors (Lipinski definition) is 5. The molecule has 2 aromatic carbocycles. The van der Waals surface area contributed by atoms with Gasteiger partial charge in [0.05, 0.1) is 11.7 Å². The molecule has 2 aromatic heterocycles. The fourth-order valence-electron chi connectivity index (χ4n) is 2.85. The maximum atomic E-state index is 13.8. The first-order chi connectivity index (χ1) is 14.3. The molecule has 0 bridgehead atoms. The fraction of sp³-hybridized carbons (Fsp3) is 0.100. The second kappa shape index (κ2) is 7.98. The Bertz CT molecular complexity index is 1280. The molecule has 1 amide bonds. The third-order valence-corrected chi connectivity index (χ3v) is 6.74. The second-order valence-electron chi connectivity index (χ2n) is 6.56. The zero-order chi connectivity index (χ0) is 21.3. The van der Waals surface area contributed by atoms with E-state index in [-0.39, 0.29) is 0 Å². The molecule has 4 aromatic rings. The molecule has 154 valence electrons. The van der Waals surface area contributed by atoms with Gasteiger partial charge in [-0.1, -0.05) is 24.3 Å². The van der Waals surface area contributed by atoms with Crippen LogP contribution in [-0.2, 0) is 14.8 Å². The maximum absolute atomic E-state index is 13.8. The van der Waals surface area contributed by atoms with Crippen molar-refractivity contribution >= 4 is 37.9 Å². The normalized spacial score (nSPS) is 12.7. The predicted octanol–water partition coefficient (Wildman–Crippen LogP) is 3.51. The standard InChI is InChI=1S/C20H17FN4O3S2/c1-13(24-30(27,28)18-5-3-2-4-16(18)21)19(26)22-15-8-6-14(7-9-15)17-12-25-10-11-29-20(25)23-17/h2-13,24H,1H3,(H,22,26)/t13-/m0/s1. The van der Waals surface area contributed by atoms with E-state index < -0.39 is 32.7 Å². The van der Waals surface area contributed by atoms with Crippen molar-refractivity contribution in [2.75, 3.05) is 5.32 Å². The molecular weight excluding hydrogens is 427 g/mol. The first kappa shape index (κ1) is 20.2. The highest BCUT2D eigenvalue weighted by atomic mass is 32.2. The van der Waals surface area contributed by atoms with Gasteiger partial charge in [0.2, 0.25) is 15.9 Å². The van der Waals surface area contributed by atoms with Gasteiger partial charge in [-0.25, -0.2) is 17.8 Å². The zero-order valence-corrected chi connectivity index (χ0v) is 17.4. The van der Waals surface area contributed by atoms with Crippen LogP contribution >= 0.6 is 11.3 Å². The van der Waals surface area contributed by atoms with E-state index in [2.05, 4.69) is 15.0 Å². The molecule has 2 heterocycles. The summed E-state index contributed by atoms with van der Waals surface area (Å²) in [4.78, 5) is 17.3. The van der Waals surface area contributed by atoms with Gasteiger partial charge in [0.25, 0.3) is 0 Å². The van der Waals surface area contributed by atoms with Crippen LogP contribution in [0.15, 0.2) is 71.2 Å². The highest BCUT2D eigenvalue weighted by Crippen LogP contribution is 2.23. The summed E-state index contributed by atoms with van der Waals surface area (Å²) in [5.74, 6) is -1.45. The molecule has 0 saturated carbocycles. The summed E-state index contributed by atoms with van der Waals surface area (Å²) in [5.41, 5.74) is 2.20. The molecule has 0 aliphatic heterocycles. The Morgan fingerprint density at radius 3 is 2.60 bits per heavy atom. The Kier molecular flexibility index (Phi) is 5.37. The summed E-state index contributed by atoms with van der Waals surface area (Å²) in [6.07, 6.45) is 3.84. The summed E-state index contributed by atoms with van der Waals surface area (Å²) in [7, 11) is -4.17. The molecule has 2 N–H and O–H groups in total. The van der Waals surface area contributed by atoms with Crippen LogP contribution in [0.3, 0.4) is 0 Å². The van der Waals surface area contributed by atoms with E-state index in [1.807, 2.05) is 34.3 Å². The minimum absolute atomic E-state index is 0.502. The van der Waals surface area contributed by atoms with Crippen LogP contribution in [0.5, 0.6) is 0 Å². The van der Waals surface area contributed by atoms with E-state index in [9.17, 15) is 17.6 Å². The van der Waals surface area contributed by atoms with Crippen molar-refractivity contribution in [2.24, 2.45) is 0 Å². The molecule has 0 aliphatic carbocycles. The minimum atomic E-state index is -4.17. The number of sulfonamides is 1. The van der Waals surface area contributed by atoms with Crippen LogP contribution in [0.2, 0.25) is 0 Å².